The highest BCUT2D eigenvalue weighted by Crippen LogP contribution is 2.30. The van der Waals surface area contributed by atoms with E-state index >= 15 is 0 Å². The second-order valence-corrected chi connectivity index (χ2v) is 6.77. The van der Waals surface area contributed by atoms with Crippen molar-refractivity contribution in [2.24, 2.45) is 11.7 Å². The molecule has 1 aromatic carbocycles. The van der Waals surface area contributed by atoms with Gasteiger partial charge < -0.3 is 16.0 Å². The summed E-state index contributed by atoms with van der Waals surface area (Å²) in [6.07, 6.45) is 3.39. The number of rotatable bonds is 5. The molecule has 0 aromatic heterocycles. The van der Waals surface area contributed by atoms with Gasteiger partial charge in [0.1, 0.15) is 0 Å². The molecule has 0 bridgehead atoms. The summed E-state index contributed by atoms with van der Waals surface area (Å²) in [4.78, 5) is 25.7. The van der Waals surface area contributed by atoms with Gasteiger partial charge in [0.05, 0.1) is 22.3 Å². The molecule has 3 N–H and O–H groups in total. The van der Waals surface area contributed by atoms with Crippen LogP contribution in [0.4, 0.5) is 5.69 Å². The molecule has 1 fully saturated rings. The zero-order valence-electron chi connectivity index (χ0n) is 13.0. The smallest absolute Gasteiger partial charge is 0.244 e. The highest BCUT2D eigenvalue weighted by molar-refractivity contribution is 6.39. The Balaban J connectivity index is 1.88. The fraction of sp³-hybridized carbons (Fsp3) is 0.500. The predicted octanol–water partition coefficient (Wildman–Crippen LogP) is 2.91. The first-order valence-electron chi connectivity index (χ1n) is 7.62. The number of nitrogens with one attached hydrogen (secondary N) is 1. The largest absolute Gasteiger partial charge is 0.336 e. The molecule has 0 heterocycles. The van der Waals surface area contributed by atoms with Crippen LogP contribution in [0.5, 0.6) is 0 Å². The monoisotopic (exact) mass is 357 g/mol. The molecule has 126 valence electrons. The van der Waals surface area contributed by atoms with E-state index in [1.807, 2.05) is 0 Å². The summed E-state index contributed by atoms with van der Waals surface area (Å²) in [5.74, 6) is -0.203. The van der Waals surface area contributed by atoms with Gasteiger partial charge in [-0.05, 0) is 30.9 Å². The quantitative estimate of drug-likeness (QED) is 0.850. The molecule has 1 saturated carbocycles. The summed E-state index contributed by atoms with van der Waals surface area (Å²) in [7, 11) is 1.61. The molecule has 1 aromatic rings. The van der Waals surface area contributed by atoms with E-state index in [1.165, 1.54) is 4.90 Å². The van der Waals surface area contributed by atoms with Gasteiger partial charge in [-0.25, -0.2) is 0 Å². The van der Waals surface area contributed by atoms with Crippen molar-refractivity contribution in [2.45, 2.75) is 31.7 Å². The lowest BCUT2D eigenvalue weighted by Gasteiger charge is -2.21. The topological polar surface area (TPSA) is 75.4 Å². The maximum atomic E-state index is 12.2. The average Bonchev–Trinajstić information content (AvgIpc) is 2.88. The lowest BCUT2D eigenvalue weighted by atomic mass is 9.99. The fourth-order valence-corrected chi connectivity index (χ4v) is 3.29. The van der Waals surface area contributed by atoms with Crippen LogP contribution < -0.4 is 11.1 Å². The number of hydrogen-bond acceptors (Lipinski definition) is 3. The summed E-state index contributed by atoms with van der Waals surface area (Å²) >= 11 is 12.0. The predicted molar refractivity (Wildman–Crippen MR) is 92.7 cm³/mol. The van der Waals surface area contributed by atoms with Gasteiger partial charge in [-0.3, -0.25) is 9.59 Å². The summed E-state index contributed by atoms with van der Waals surface area (Å²) in [5, 5.41) is 3.36. The highest BCUT2D eigenvalue weighted by Gasteiger charge is 2.27. The molecule has 5 nitrogen and oxygen atoms in total. The van der Waals surface area contributed by atoms with Crippen LogP contribution in [0.15, 0.2) is 18.2 Å². The Morgan fingerprint density at radius 3 is 2.52 bits per heavy atom. The van der Waals surface area contributed by atoms with Gasteiger partial charge in [-0.2, -0.15) is 0 Å². The minimum atomic E-state index is -0.341. The average molecular weight is 358 g/mol. The SMILES string of the molecule is CN(CC(=O)Nc1c(Cl)cccc1Cl)C(=O)C[C@@H]1CCC[C@H]1N. The van der Waals surface area contributed by atoms with Crippen molar-refractivity contribution in [1.29, 1.82) is 0 Å². The maximum absolute atomic E-state index is 12.2. The maximum Gasteiger partial charge on any atom is 0.244 e. The molecule has 0 saturated heterocycles. The number of likely N-dealkylation sites (N-methyl/N-ethyl adjacent to an activating group) is 1. The van der Waals surface area contributed by atoms with Gasteiger partial charge in [-0.1, -0.05) is 35.7 Å². The van der Waals surface area contributed by atoms with Crippen molar-refractivity contribution in [2.75, 3.05) is 18.9 Å². The van der Waals surface area contributed by atoms with Crippen molar-refractivity contribution in [1.82, 2.24) is 4.90 Å². The molecule has 0 spiro atoms. The Bertz CT molecular complexity index is 574. The first-order valence-corrected chi connectivity index (χ1v) is 8.37. The van der Waals surface area contributed by atoms with E-state index in [0.29, 0.717) is 22.2 Å². The Morgan fingerprint density at radius 1 is 1.30 bits per heavy atom. The molecule has 2 amide bonds. The molecular weight excluding hydrogens is 337 g/mol. The van der Waals surface area contributed by atoms with E-state index in [2.05, 4.69) is 5.32 Å². The molecule has 1 aliphatic carbocycles. The number of amides is 2. The lowest BCUT2D eigenvalue weighted by Crippen LogP contribution is -2.37. The molecule has 7 heteroatoms. The van der Waals surface area contributed by atoms with Gasteiger partial charge in [-0.15, -0.1) is 0 Å². The van der Waals surface area contributed by atoms with E-state index in [0.717, 1.165) is 19.3 Å². The Hall–Kier alpha value is -1.30. The lowest BCUT2D eigenvalue weighted by molar-refractivity contribution is -0.134. The number of hydrogen-bond donors (Lipinski definition) is 2. The third-order valence-electron chi connectivity index (χ3n) is 4.19. The summed E-state index contributed by atoms with van der Waals surface area (Å²) in [6.45, 7) is -0.0532. The van der Waals surface area contributed by atoms with Crippen LogP contribution in [0.25, 0.3) is 0 Å². The van der Waals surface area contributed by atoms with Crippen LogP contribution in [0.3, 0.4) is 0 Å². The zero-order chi connectivity index (χ0) is 17.0. The molecule has 2 rings (SSSR count). The van der Waals surface area contributed by atoms with Crippen LogP contribution in [0.1, 0.15) is 25.7 Å². The second kappa shape index (κ2) is 7.99. The van der Waals surface area contributed by atoms with Crippen LogP contribution >= 0.6 is 23.2 Å². The van der Waals surface area contributed by atoms with E-state index in [1.54, 1.807) is 25.2 Å². The number of anilines is 1. The molecule has 2 atom stereocenters. The van der Waals surface area contributed by atoms with Gasteiger partial charge in [0.25, 0.3) is 0 Å². The fourth-order valence-electron chi connectivity index (χ4n) is 2.80. The molecular formula is C16H21Cl2N3O2. The number of carbonyl (C=O) groups is 2. The molecule has 0 aliphatic heterocycles. The van der Waals surface area contributed by atoms with Crippen molar-refractivity contribution < 1.29 is 9.59 Å². The Morgan fingerprint density at radius 2 is 1.96 bits per heavy atom. The number of carbonyl (C=O) groups excluding carboxylic acids is 2. The van der Waals surface area contributed by atoms with Crippen molar-refractivity contribution >= 4 is 40.7 Å². The number of para-hydroxylation sites is 1. The standard InChI is InChI=1S/C16H21Cl2N3O2/c1-21(15(23)8-10-4-2-7-13(10)19)9-14(22)20-16-11(17)5-3-6-12(16)18/h3,5-6,10,13H,2,4,7-9,19H2,1H3,(H,20,22)/t10-,13+/m0/s1. The first-order chi connectivity index (χ1) is 10.9. The summed E-state index contributed by atoms with van der Waals surface area (Å²) in [6, 6.07) is 5.06. The van der Waals surface area contributed by atoms with Crippen LogP contribution in [-0.4, -0.2) is 36.3 Å². The van der Waals surface area contributed by atoms with Crippen LogP contribution in [0, 0.1) is 5.92 Å². The van der Waals surface area contributed by atoms with Crippen molar-refractivity contribution in [3.05, 3.63) is 28.2 Å². The molecule has 0 unspecified atom stereocenters. The second-order valence-electron chi connectivity index (χ2n) is 5.95. The van der Waals surface area contributed by atoms with E-state index in [-0.39, 0.29) is 30.3 Å². The van der Waals surface area contributed by atoms with E-state index < -0.39 is 0 Å². The minimum Gasteiger partial charge on any atom is -0.336 e. The van der Waals surface area contributed by atoms with Crippen molar-refractivity contribution in [3.8, 4) is 0 Å². The third kappa shape index (κ3) is 4.83. The van der Waals surface area contributed by atoms with Crippen molar-refractivity contribution in [3.63, 3.8) is 0 Å². The van der Waals surface area contributed by atoms with E-state index in [4.69, 9.17) is 28.9 Å². The number of halogens is 2. The first kappa shape index (κ1) is 18.0. The third-order valence-corrected chi connectivity index (χ3v) is 4.82. The Kier molecular flexibility index (Phi) is 6.27. The molecule has 1 aliphatic rings. The number of benzene rings is 1. The molecule has 23 heavy (non-hydrogen) atoms. The van der Waals surface area contributed by atoms with Crippen LogP contribution in [-0.2, 0) is 9.59 Å². The van der Waals surface area contributed by atoms with E-state index in [9.17, 15) is 9.59 Å². The number of nitrogens with two attached hydrogens (primary N) is 1. The number of nitrogens with zero attached hydrogens (tertiary/aromatic N) is 1. The van der Waals surface area contributed by atoms with Gasteiger partial charge in [0.2, 0.25) is 11.8 Å². The summed E-state index contributed by atoms with van der Waals surface area (Å²) in [5.41, 5.74) is 6.35. The Labute approximate surface area is 146 Å². The van der Waals surface area contributed by atoms with Gasteiger partial charge >= 0.3 is 0 Å². The summed E-state index contributed by atoms with van der Waals surface area (Å²) < 4.78 is 0. The molecule has 0 radical (unpaired) electrons. The minimum absolute atomic E-state index is 0.0532. The normalized spacial score (nSPS) is 20.3. The van der Waals surface area contributed by atoms with Gasteiger partial charge in [0, 0.05) is 19.5 Å². The zero-order valence-corrected chi connectivity index (χ0v) is 14.5. The van der Waals surface area contributed by atoms with Gasteiger partial charge in [0.15, 0.2) is 0 Å². The highest BCUT2D eigenvalue weighted by atomic mass is 35.5. The van der Waals surface area contributed by atoms with Crippen LogP contribution in [0.2, 0.25) is 10.0 Å².